The third kappa shape index (κ3) is 4.22. The summed E-state index contributed by atoms with van der Waals surface area (Å²) in [5.74, 6) is -0.320. The number of hydrogen-bond acceptors (Lipinski definition) is 1. The molecule has 1 unspecified atom stereocenters. The Morgan fingerprint density at radius 3 is 2.77 bits per heavy atom. The Kier molecular flexibility index (Phi) is 5.79. The first-order valence-electron chi connectivity index (χ1n) is 3.50. The number of aryl methyl sites for hydroxylation is 1. The van der Waals surface area contributed by atoms with Gasteiger partial charge in [0.2, 0.25) is 0 Å². The Bertz CT molecular complexity index is 314. The molecular weight excluding hydrogens is 258 g/mol. The zero-order valence-electron chi connectivity index (χ0n) is 7.42. The second-order valence-corrected chi connectivity index (χ2v) is 3.16. The van der Waals surface area contributed by atoms with Crippen LogP contribution < -0.4 is 10.6 Å². The van der Waals surface area contributed by atoms with E-state index >= 15 is 0 Å². The second kappa shape index (κ2) is 5.75. The van der Waals surface area contributed by atoms with Crippen molar-refractivity contribution < 1.29 is 37.5 Å². The molecule has 0 fully saturated rings. The summed E-state index contributed by atoms with van der Waals surface area (Å²) in [5.41, 5.74) is 1.78. The molecular formula is C9H10NOPY-2. The normalized spacial score (nSPS) is 8.77. The Morgan fingerprint density at radius 2 is 2.31 bits per heavy atom. The topological polar surface area (TPSA) is 29.1 Å². The summed E-state index contributed by atoms with van der Waals surface area (Å²) >= 11 is 0. The summed E-state index contributed by atoms with van der Waals surface area (Å²) < 4.78 is 0. The van der Waals surface area contributed by atoms with Crippen molar-refractivity contribution in [1.29, 1.82) is 0 Å². The third-order valence-corrected chi connectivity index (χ3v) is 2.10. The van der Waals surface area contributed by atoms with Gasteiger partial charge in [0.1, 0.15) is 0 Å². The van der Waals surface area contributed by atoms with Gasteiger partial charge in [-0.25, -0.2) is 0 Å². The maximum Gasteiger partial charge on any atom is 0.0823 e. The van der Waals surface area contributed by atoms with Crippen LogP contribution in [0.1, 0.15) is 5.56 Å². The molecule has 4 heteroatoms. The SMILES string of the molecule is [CH2-]C(=O)Nc1[c-]cc(C)c(P)c1.[Y]. The second-order valence-electron chi connectivity index (χ2n) is 2.53. The first kappa shape index (κ1) is 13.1. The smallest absolute Gasteiger partial charge is 0.0823 e. The molecule has 1 N–H and O–H groups in total. The molecule has 0 aliphatic heterocycles. The van der Waals surface area contributed by atoms with Crippen molar-refractivity contribution in [3.05, 3.63) is 30.7 Å². The van der Waals surface area contributed by atoms with Gasteiger partial charge in [0.05, 0.1) is 5.91 Å². The van der Waals surface area contributed by atoms with Crippen LogP contribution in [0.3, 0.4) is 0 Å². The standard InChI is InChI=1S/C9H10NOP.Y/c1-6-3-4-8(5-9(6)12)10-7(2)11;/h3,5H,2,12H2,1H3,(H,10,11);/q-2;. The Morgan fingerprint density at radius 1 is 1.69 bits per heavy atom. The molecule has 0 heterocycles. The number of carbonyl (C=O) groups is 1. The minimum absolute atomic E-state index is 0. The molecule has 1 rings (SSSR count). The predicted molar refractivity (Wildman–Crippen MR) is 53.3 cm³/mol. The quantitative estimate of drug-likeness (QED) is 0.599. The van der Waals surface area contributed by atoms with Gasteiger partial charge in [-0.15, -0.1) is 20.6 Å². The van der Waals surface area contributed by atoms with Crippen LogP contribution in [0.15, 0.2) is 12.1 Å². The number of amides is 1. The molecule has 1 radical (unpaired) electrons. The molecule has 0 aliphatic carbocycles. The molecule has 0 spiro atoms. The number of rotatable bonds is 1. The molecule has 1 aromatic carbocycles. The van der Waals surface area contributed by atoms with E-state index in [2.05, 4.69) is 27.5 Å². The van der Waals surface area contributed by atoms with Gasteiger partial charge in [0, 0.05) is 32.7 Å². The van der Waals surface area contributed by atoms with Gasteiger partial charge in [-0.3, -0.25) is 0 Å². The molecule has 0 aliphatic rings. The summed E-state index contributed by atoms with van der Waals surface area (Å²) in [5, 5.41) is 3.61. The fourth-order valence-corrected chi connectivity index (χ4v) is 1.05. The summed E-state index contributed by atoms with van der Waals surface area (Å²) in [6.07, 6.45) is 0. The Balaban J connectivity index is 0.00000144. The van der Waals surface area contributed by atoms with Gasteiger partial charge in [0.25, 0.3) is 0 Å². The fraction of sp³-hybridized carbons (Fsp3) is 0.111. The van der Waals surface area contributed by atoms with E-state index in [0.717, 1.165) is 10.9 Å². The molecule has 1 atom stereocenters. The largest absolute Gasteiger partial charge is 0.375 e. The zero-order chi connectivity index (χ0) is 9.14. The van der Waals surface area contributed by atoms with E-state index in [0.29, 0.717) is 5.69 Å². The van der Waals surface area contributed by atoms with Crippen molar-refractivity contribution in [2.45, 2.75) is 6.92 Å². The van der Waals surface area contributed by atoms with Crippen LogP contribution in [0.4, 0.5) is 5.69 Å². The summed E-state index contributed by atoms with van der Waals surface area (Å²) in [7, 11) is 2.59. The average molecular weight is 268 g/mol. The zero-order valence-corrected chi connectivity index (χ0v) is 11.4. The molecule has 0 saturated carbocycles. The molecule has 67 valence electrons. The Labute approximate surface area is 106 Å². The van der Waals surface area contributed by atoms with Gasteiger partial charge in [-0.1, -0.05) is 12.6 Å². The van der Waals surface area contributed by atoms with Crippen molar-refractivity contribution in [2.24, 2.45) is 0 Å². The van der Waals surface area contributed by atoms with E-state index < -0.39 is 0 Å². The minimum Gasteiger partial charge on any atom is -0.375 e. The maximum atomic E-state index is 10.6. The van der Waals surface area contributed by atoms with Gasteiger partial charge in [-0.2, -0.15) is 17.7 Å². The van der Waals surface area contributed by atoms with E-state index in [4.69, 9.17) is 0 Å². The van der Waals surface area contributed by atoms with E-state index in [-0.39, 0.29) is 38.6 Å². The number of benzene rings is 1. The van der Waals surface area contributed by atoms with Gasteiger partial charge in [0.15, 0.2) is 0 Å². The monoisotopic (exact) mass is 268 g/mol. The predicted octanol–water partition coefficient (Wildman–Crippen LogP) is 1.07. The van der Waals surface area contributed by atoms with Crippen molar-refractivity contribution >= 4 is 26.1 Å². The van der Waals surface area contributed by atoms with Crippen molar-refractivity contribution in [3.8, 4) is 0 Å². The fourth-order valence-electron chi connectivity index (χ4n) is 0.803. The van der Waals surface area contributed by atoms with Gasteiger partial charge < -0.3 is 17.0 Å². The average Bonchev–Trinajstić information content (AvgIpc) is 1.96. The van der Waals surface area contributed by atoms with Gasteiger partial charge in [-0.05, 0) is 0 Å². The van der Waals surface area contributed by atoms with Crippen LogP contribution in [0.2, 0.25) is 0 Å². The maximum absolute atomic E-state index is 10.6. The molecule has 1 aromatic rings. The molecule has 13 heavy (non-hydrogen) atoms. The van der Waals surface area contributed by atoms with E-state index in [1.807, 2.05) is 19.1 Å². The van der Waals surface area contributed by atoms with E-state index in [1.54, 1.807) is 0 Å². The van der Waals surface area contributed by atoms with Crippen molar-refractivity contribution in [2.75, 3.05) is 5.32 Å². The number of carbonyl (C=O) groups excluding carboxylic acids is 1. The number of hydrogen-bond donors (Lipinski definition) is 1. The summed E-state index contributed by atoms with van der Waals surface area (Å²) in [4.78, 5) is 10.6. The molecule has 0 aromatic heterocycles. The van der Waals surface area contributed by atoms with E-state index in [1.165, 1.54) is 0 Å². The number of anilines is 1. The molecule has 2 nitrogen and oxygen atoms in total. The van der Waals surface area contributed by atoms with E-state index in [9.17, 15) is 4.79 Å². The first-order valence-corrected chi connectivity index (χ1v) is 4.08. The first-order chi connectivity index (χ1) is 5.59. The van der Waals surface area contributed by atoms with Crippen molar-refractivity contribution in [1.82, 2.24) is 0 Å². The van der Waals surface area contributed by atoms with Crippen LogP contribution >= 0.6 is 9.24 Å². The summed E-state index contributed by atoms with van der Waals surface area (Å²) in [6.45, 7) is 5.19. The van der Waals surface area contributed by atoms with Crippen LogP contribution in [0.5, 0.6) is 0 Å². The molecule has 0 bridgehead atoms. The van der Waals surface area contributed by atoms with Gasteiger partial charge >= 0.3 is 0 Å². The van der Waals surface area contributed by atoms with Crippen LogP contribution in [-0.4, -0.2) is 5.91 Å². The Hall–Kier alpha value is 0.0939. The third-order valence-electron chi connectivity index (χ3n) is 1.47. The molecule has 1 amide bonds. The molecule has 0 saturated heterocycles. The van der Waals surface area contributed by atoms with Crippen LogP contribution in [0, 0.1) is 19.9 Å². The summed E-state index contributed by atoms with van der Waals surface area (Å²) in [6, 6.07) is 6.59. The minimum atomic E-state index is -0.320. The van der Waals surface area contributed by atoms with Crippen LogP contribution in [-0.2, 0) is 37.5 Å². The van der Waals surface area contributed by atoms with Crippen molar-refractivity contribution in [3.63, 3.8) is 0 Å². The van der Waals surface area contributed by atoms with Crippen LogP contribution in [0.25, 0.3) is 0 Å². The number of nitrogens with one attached hydrogen (secondary N) is 1.